The normalized spacial score (nSPS) is 13.8. The number of thiazole rings is 1. The monoisotopic (exact) mass is 277 g/mol. The maximum absolute atomic E-state index is 14.0. The molecule has 0 radical (unpaired) electrons. The Balaban J connectivity index is 1.98. The molecule has 2 aromatic carbocycles. The quantitative estimate of drug-likeness (QED) is 0.748. The number of benzene rings is 2. The third-order valence-electron chi connectivity index (χ3n) is 2.72. The van der Waals surface area contributed by atoms with Crippen molar-refractivity contribution in [2.24, 2.45) is 0 Å². The van der Waals surface area contributed by atoms with Crippen molar-refractivity contribution in [3.8, 4) is 16.3 Å². The number of phenols is 1. The molecule has 0 unspecified atom stereocenters. The van der Waals surface area contributed by atoms with E-state index in [-0.39, 0.29) is 11.4 Å². The van der Waals surface area contributed by atoms with Crippen LogP contribution >= 0.6 is 11.3 Å². The third-order valence-corrected chi connectivity index (χ3v) is 3.79. The van der Waals surface area contributed by atoms with Crippen molar-refractivity contribution in [1.82, 2.24) is 4.98 Å². The van der Waals surface area contributed by atoms with Crippen LogP contribution in [0.2, 0.25) is 0 Å². The standard InChI is InChI=1S/C14H11FN2OS/c1-16-11-4-2-8(6-10(11)15)14-17-12-5-3-9(18)7-13(12)19-14/h2-7,16,18H,1H3/i1D3. The number of aromatic hydroxyl groups is 1. The maximum atomic E-state index is 14.0. The van der Waals surface area contributed by atoms with Crippen molar-refractivity contribution >= 4 is 27.2 Å². The number of hydrogen-bond donors (Lipinski definition) is 2. The van der Waals surface area contributed by atoms with Gasteiger partial charge < -0.3 is 10.4 Å². The van der Waals surface area contributed by atoms with Gasteiger partial charge in [-0.25, -0.2) is 9.37 Å². The minimum Gasteiger partial charge on any atom is -0.508 e. The molecule has 5 heteroatoms. The van der Waals surface area contributed by atoms with E-state index in [9.17, 15) is 9.50 Å². The van der Waals surface area contributed by atoms with Crippen LogP contribution in [0.4, 0.5) is 10.1 Å². The van der Waals surface area contributed by atoms with Crippen LogP contribution in [-0.4, -0.2) is 17.1 Å². The molecule has 3 aromatic rings. The molecular weight excluding hydrogens is 263 g/mol. The van der Waals surface area contributed by atoms with Crippen LogP contribution in [0.3, 0.4) is 0 Å². The molecule has 1 aromatic heterocycles. The Morgan fingerprint density at radius 1 is 1.32 bits per heavy atom. The first kappa shape index (κ1) is 8.87. The van der Waals surface area contributed by atoms with Crippen LogP contribution in [0.1, 0.15) is 4.11 Å². The Morgan fingerprint density at radius 3 is 3.00 bits per heavy atom. The molecule has 2 N–H and O–H groups in total. The molecular formula is C14H11FN2OS. The van der Waals surface area contributed by atoms with E-state index in [4.69, 9.17) is 4.11 Å². The number of hydrogen-bond acceptors (Lipinski definition) is 4. The number of nitrogens with one attached hydrogen (secondary N) is 1. The first-order valence-electron chi connectivity index (χ1n) is 6.99. The average Bonchev–Trinajstić information content (AvgIpc) is 2.82. The van der Waals surface area contributed by atoms with Gasteiger partial charge >= 0.3 is 0 Å². The summed E-state index contributed by atoms with van der Waals surface area (Å²) in [5.74, 6) is -0.512. The largest absolute Gasteiger partial charge is 0.508 e. The Morgan fingerprint density at radius 2 is 2.21 bits per heavy atom. The number of rotatable bonds is 2. The average molecular weight is 277 g/mol. The lowest BCUT2D eigenvalue weighted by Gasteiger charge is -2.03. The van der Waals surface area contributed by atoms with Gasteiger partial charge in [-0.3, -0.25) is 0 Å². The van der Waals surface area contributed by atoms with Gasteiger partial charge in [-0.15, -0.1) is 11.3 Å². The van der Waals surface area contributed by atoms with Crippen molar-refractivity contribution < 1.29 is 13.6 Å². The minimum absolute atomic E-state index is 0.0810. The number of halogens is 1. The summed E-state index contributed by atoms with van der Waals surface area (Å²) in [5.41, 5.74) is 1.18. The Kier molecular flexibility index (Phi) is 2.11. The molecule has 1 heterocycles. The van der Waals surface area contributed by atoms with Gasteiger partial charge in [0.2, 0.25) is 0 Å². The summed E-state index contributed by atoms with van der Waals surface area (Å²) in [4.78, 5) is 4.38. The number of phenolic OH excluding ortho intramolecular Hbond substituents is 1. The topological polar surface area (TPSA) is 45.2 Å². The molecule has 0 aliphatic rings. The molecule has 0 aliphatic carbocycles. The van der Waals surface area contributed by atoms with E-state index in [1.165, 1.54) is 29.5 Å². The van der Waals surface area contributed by atoms with E-state index in [2.05, 4.69) is 10.3 Å². The summed E-state index contributed by atoms with van der Waals surface area (Å²) < 4.78 is 36.1. The lowest BCUT2D eigenvalue weighted by atomic mass is 10.2. The second-order valence-electron chi connectivity index (χ2n) is 3.99. The van der Waals surface area contributed by atoms with Gasteiger partial charge in [-0.1, -0.05) is 0 Å². The highest BCUT2D eigenvalue weighted by molar-refractivity contribution is 7.21. The van der Waals surface area contributed by atoms with Gasteiger partial charge in [0.25, 0.3) is 0 Å². The Bertz CT molecular complexity index is 848. The van der Waals surface area contributed by atoms with E-state index in [1.807, 2.05) is 0 Å². The van der Waals surface area contributed by atoms with Crippen molar-refractivity contribution in [1.29, 1.82) is 0 Å². The Hall–Kier alpha value is -2.14. The number of anilines is 1. The summed E-state index contributed by atoms with van der Waals surface area (Å²) in [7, 11) is 0. The molecule has 0 atom stereocenters. The van der Waals surface area contributed by atoms with Crippen LogP contribution in [0.5, 0.6) is 5.75 Å². The molecule has 96 valence electrons. The highest BCUT2D eigenvalue weighted by atomic mass is 32.1. The van der Waals surface area contributed by atoms with Crippen LogP contribution < -0.4 is 5.32 Å². The molecule has 0 fully saturated rings. The fourth-order valence-electron chi connectivity index (χ4n) is 1.79. The predicted molar refractivity (Wildman–Crippen MR) is 76.2 cm³/mol. The highest BCUT2D eigenvalue weighted by Crippen LogP contribution is 2.33. The highest BCUT2D eigenvalue weighted by Gasteiger charge is 2.09. The van der Waals surface area contributed by atoms with Crippen molar-refractivity contribution in [3.63, 3.8) is 0 Å². The van der Waals surface area contributed by atoms with E-state index in [0.717, 1.165) is 4.70 Å². The number of fused-ring (bicyclic) bond motifs is 1. The van der Waals surface area contributed by atoms with Gasteiger partial charge in [0, 0.05) is 16.7 Å². The predicted octanol–water partition coefficient (Wildman–Crippen LogP) is 3.85. The number of nitrogens with zero attached hydrogens (tertiary/aromatic N) is 1. The SMILES string of the molecule is [2H]C([2H])([2H])Nc1ccc(-c2nc3ccc(O)cc3s2)cc1F. The fraction of sp³-hybridized carbons (Fsp3) is 0.0714. The van der Waals surface area contributed by atoms with Crippen molar-refractivity contribution in [2.75, 3.05) is 12.3 Å². The van der Waals surface area contributed by atoms with Gasteiger partial charge in [-0.05, 0) is 36.4 Å². The second-order valence-corrected chi connectivity index (χ2v) is 5.02. The lowest BCUT2D eigenvalue weighted by Crippen LogP contribution is -1.92. The van der Waals surface area contributed by atoms with E-state index < -0.39 is 12.8 Å². The van der Waals surface area contributed by atoms with Gasteiger partial charge in [-0.2, -0.15) is 0 Å². The van der Waals surface area contributed by atoms with E-state index in [0.29, 0.717) is 16.1 Å². The smallest absolute Gasteiger partial charge is 0.146 e. The maximum Gasteiger partial charge on any atom is 0.146 e. The van der Waals surface area contributed by atoms with Crippen LogP contribution in [0.25, 0.3) is 20.8 Å². The summed E-state index contributed by atoms with van der Waals surface area (Å²) >= 11 is 1.32. The van der Waals surface area contributed by atoms with Gasteiger partial charge in [0.1, 0.15) is 16.6 Å². The molecule has 0 aliphatic heterocycles. The zero-order chi connectivity index (χ0) is 15.9. The van der Waals surface area contributed by atoms with E-state index >= 15 is 0 Å². The summed E-state index contributed by atoms with van der Waals surface area (Å²) in [6, 6.07) is 9.04. The van der Waals surface area contributed by atoms with Crippen LogP contribution in [0.15, 0.2) is 36.4 Å². The first-order chi connectivity index (χ1) is 10.3. The molecule has 3 nitrogen and oxygen atoms in total. The van der Waals surface area contributed by atoms with Crippen LogP contribution in [0, 0.1) is 5.82 Å². The Labute approximate surface area is 117 Å². The fourth-order valence-corrected chi connectivity index (χ4v) is 2.78. The summed E-state index contributed by atoms with van der Waals surface area (Å²) in [6.45, 7) is -2.45. The van der Waals surface area contributed by atoms with Crippen molar-refractivity contribution in [2.45, 2.75) is 0 Å². The number of aromatic nitrogens is 1. The molecule has 0 spiro atoms. The third kappa shape index (κ3) is 2.13. The van der Waals surface area contributed by atoms with Gasteiger partial charge in [0.15, 0.2) is 0 Å². The zero-order valence-electron chi connectivity index (χ0n) is 12.6. The summed E-state index contributed by atoms with van der Waals surface area (Å²) in [6.07, 6.45) is 0. The lowest BCUT2D eigenvalue weighted by molar-refractivity contribution is 0.476. The van der Waals surface area contributed by atoms with Crippen molar-refractivity contribution in [3.05, 3.63) is 42.2 Å². The van der Waals surface area contributed by atoms with Crippen LogP contribution in [-0.2, 0) is 0 Å². The van der Waals surface area contributed by atoms with Gasteiger partial charge in [0.05, 0.1) is 15.9 Å². The zero-order valence-corrected chi connectivity index (χ0v) is 10.5. The first-order valence-corrected chi connectivity index (χ1v) is 6.31. The molecule has 0 saturated heterocycles. The minimum atomic E-state index is -2.45. The molecule has 19 heavy (non-hydrogen) atoms. The summed E-state index contributed by atoms with van der Waals surface area (Å²) in [5, 5.41) is 12.2. The molecule has 0 amide bonds. The molecule has 0 saturated carbocycles. The molecule has 0 bridgehead atoms. The van der Waals surface area contributed by atoms with E-state index in [1.54, 1.807) is 18.2 Å². The molecule has 3 rings (SSSR count). The second kappa shape index (κ2) is 4.51.